The standard InChI is InChI=1S/C12H16ClN3O2/c1-2-9-7-18-4-3-16(9)12(17)8-5-10(13)11(14)15-6-8/h5-6,9H,2-4,7H2,1H3,(H2,14,15). The van der Waals surface area contributed by atoms with Crippen molar-refractivity contribution in [3.8, 4) is 0 Å². The van der Waals surface area contributed by atoms with Crippen LogP contribution in [0.25, 0.3) is 0 Å². The molecule has 2 N–H and O–H groups in total. The molecule has 1 aliphatic heterocycles. The highest BCUT2D eigenvalue weighted by Crippen LogP contribution is 2.20. The van der Waals surface area contributed by atoms with Crippen LogP contribution in [0.4, 0.5) is 5.82 Å². The minimum Gasteiger partial charge on any atom is -0.382 e. The van der Waals surface area contributed by atoms with Gasteiger partial charge in [-0.15, -0.1) is 0 Å². The highest BCUT2D eigenvalue weighted by atomic mass is 35.5. The third kappa shape index (κ3) is 2.57. The smallest absolute Gasteiger partial charge is 0.255 e. The van der Waals surface area contributed by atoms with E-state index in [0.29, 0.717) is 30.3 Å². The number of rotatable bonds is 2. The second kappa shape index (κ2) is 5.54. The van der Waals surface area contributed by atoms with Crippen LogP contribution in [-0.2, 0) is 4.74 Å². The Balaban J connectivity index is 2.21. The van der Waals surface area contributed by atoms with Gasteiger partial charge in [0, 0.05) is 12.7 Å². The zero-order chi connectivity index (χ0) is 13.1. The molecule has 18 heavy (non-hydrogen) atoms. The maximum atomic E-state index is 12.4. The van der Waals surface area contributed by atoms with Crippen molar-refractivity contribution in [3.05, 3.63) is 22.8 Å². The predicted octanol–water partition coefficient (Wildman–Crippen LogP) is 1.57. The topological polar surface area (TPSA) is 68.5 Å². The number of aromatic nitrogens is 1. The van der Waals surface area contributed by atoms with Gasteiger partial charge in [-0.2, -0.15) is 0 Å². The maximum Gasteiger partial charge on any atom is 0.255 e. The zero-order valence-corrected chi connectivity index (χ0v) is 11.0. The minimum absolute atomic E-state index is 0.0699. The molecule has 1 aliphatic rings. The number of nitrogens with zero attached hydrogens (tertiary/aromatic N) is 2. The van der Waals surface area contributed by atoms with E-state index in [-0.39, 0.29) is 17.8 Å². The number of pyridine rings is 1. The van der Waals surface area contributed by atoms with Gasteiger partial charge in [-0.1, -0.05) is 18.5 Å². The maximum absolute atomic E-state index is 12.4. The molecule has 1 atom stereocenters. The summed E-state index contributed by atoms with van der Waals surface area (Å²) in [7, 11) is 0. The number of hydrogen-bond acceptors (Lipinski definition) is 4. The first-order valence-corrected chi connectivity index (χ1v) is 6.31. The van der Waals surface area contributed by atoms with E-state index in [1.54, 1.807) is 6.07 Å². The minimum atomic E-state index is -0.0699. The molecular formula is C12H16ClN3O2. The summed E-state index contributed by atoms with van der Waals surface area (Å²) in [6.45, 7) is 3.78. The Hall–Kier alpha value is -1.33. The highest BCUT2D eigenvalue weighted by Gasteiger charge is 2.27. The zero-order valence-electron chi connectivity index (χ0n) is 10.2. The number of carbonyl (C=O) groups excluding carboxylic acids is 1. The van der Waals surface area contributed by atoms with Gasteiger partial charge in [-0.05, 0) is 12.5 Å². The fourth-order valence-corrected chi connectivity index (χ4v) is 2.16. The number of amides is 1. The van der Waals surface area contributed by atoms with Crippen LogP contribution in [0.2, 0.25) is 5.02 Å². The van der Waals surface area contributed by atoms with Crippen LogP contribution in [0.5, 0.6) is 0 Å². The summed E-state index contributed by atoms with van der Waals surface area (Å²) >= 11 is 5.88. The van der Waals surface area contributed by atoms with Gasteiger partial charge in [0.15, 0.2) is 0 Å². The molecule has 1 aromatic rings. The van der Waals surface area contributed by atoms with E-state index in [1.165, 1.54) is 6.20 Å². The third-order valence-corrected chi connectivity index (χ3v) is 3.38. The van der Waals surface area contributed by atoms with Crippen molar-refractivity contribution in [1.29, 1.82) is 0 Å². The Kier molecular flexibility index (Phi) is 4.04. The summed E-state index contributed by atoms with van der Waals surface area (Å²) < 4.78 is 5.38. The molecule has 0 aromatic carbocycles. The fraction of sp³-hybridized carbons (Fsp3) is 0.500. The van der Waals surface area contributed by atoms with Crippen molar-refractivity contribution in [1.82, 2.24) is 9.88 Å². The van der Waals surface area contributed by atoms with E-state index < -0.39 is 0 Å². The molecular weight excluding hydrogens is 254 g/mol. The second-order valence-corrected chi connectivity index (χ2v) is 4.63. The lowest BCUT2D eigenvalue weighted by Crippen LogP contribution is -2.48. The quantitative estimate of drug-likeness (QED) is 0.885. The molecule has 0 aliphatic carbocycles. The van der Waals surface area contributed by atoms with E-state index in [0.717, 1.165) is 6.42 Å². The number of carbonyl (C=O) groups is 1. The third-order valence-electron chi connectivity index (χ3n) is 3.08. The van der Waals surface area contributed by atoms with Gasteiger partial charge in [0.2, 0.25) is 0 Å². The van der Waals surface area contributed by atoms with Gasteiger partial charge >= 0.3 is 0 Å². The van der Waals surface area contributed by atoms with Gasteiger partial charge in [0.05, 0.1) is 29.8 Å². The Morgan fingerprint density at radius 1 is 1.72 bits per heavy atom. The number of ether oxygens (including phenoxy) is 1. The van der Waals surface area contributed by atoms with E-state index in [9.17, 15) is 4.79 Å². The molecule has 1 saturated heterocycles. The number of halogens is 1. The van der Waals surface area contributed by atoms with E-state index in [1.807, 2.05) is 11.8 Å². The number of hydrogen-bond donors (Lipinski definition) is 1. The monoisotopic (exact) mass is 269 g/mol. The largest absolute Gasteiger partial charge is 0.382 e. The molecule has 0 bridgehead atoms. The summed E-state index contributed by atoms with van der Waals surface area (Å²) in [5.41, 5.74) is 6.00. The number of anilines is 1. The Labute approximate surface area is 111 Å². The van der Waals surface area contributed by atoms with Crippen molar-refractivity contribution in [2.45, 2.75) is 19.4 Å². The molecule has 2 heterocycles. The average Bonchev–Trinajstić information content (AvgIpc) is 2.41. The van der Waals surface area contributed by atoms with Crippen molar-refractivity contribution in [3.63, 3.8) is 0 Å². The van der Waals surface area contributed by atoms with Crippen molar-refractivity contribution in [2.75, 3.05) is 25.5 Å². The van der Waals surface area contributed by atoms with E-state index >= 15 is 0 Å². The molecule has 0 saturated carbocycles. The molecule has 1 unspecified atom stereocenters. The molecule has 2 rings (SSSR count). The number of nitrogen functional groups attached to an aromatic ring is 1. The second-order valence-electron chi connectivity index (χ2n) is 4.23. The lowest BCUT2D eigenvalue weighted by Gasteiger charge is -2.35. The van der Waals surface area contributed by atoms with Crippen LogP contribution < -0.4 is 5.73 Å². The Bertz CT molecular complexity index is 453. The number of morpholine rings is 1. The SMILES string of the molecule is CCC1COCCN1C(=O)c1cnc(N)c(Cl)c1. The summed E-state index contributed by atoms with van der Waals surface area (Å²) in [6, 6.07) is 1.68. The molecule has 98 valence electrons. The lowest BCUT2D eigenvalue weighted by molar-refractivity contribution is -0.00281. The molecule has 1 amide bonds. The van der Waals surface area contributed by atoms with Crippen molar-refractivity contribution in [2.24, 2.45) is 0 Å². The first-order chi connectivity index (χ1) is 8.63. The molecule has 6 heteroatoms. The summed E-state index contributed by atoms with van der Waals surface area (Å²) in [5, 5.41) is 0.308. The molecule has 1 fully saturated rings. The van der Waals surface area contributed by atoms with Crippen LogP contribution in [0.15, 0.2) is 12.3 Å². The summed E-state index contributed by atoms with van der Waals surface area (Å²) in [6.07, 6.45) is 2.33. The van der Waals surface area contributed by atoms with E-state index in [4.69, 9.17) is 22.1 Å². The lowest BCUT2D eigenvalue weighted by atomic mass is 10.1. The molecule has 0 spiro atoms. The molecule has 0 radical (unpaired) electrons. The number of nitrogens with two attached hydrogens (primary N) is 1. The molecule has 1 aromatic heterocycles. The van der Waals surface area contributed by atoms with E-state index in [2.05, 4.69) is 4.98 Å². The first-order valence-electron chi connectivity index (χ1n) is 5.93. The van der Waals surface area contributed by atoms with Gasteiger partial charge in [-0.3, -0.25) is 4.79 Å². The summed E-state index contributed by atoms with van der Waals surface area (Å²) in [5.74, 6) is 0.168. The van der Waals surface area contributed by atoms with Gasteiger partial charge < -0.3 is 15.4 Å². The first kappa shape index (κ1) is 13.1. The Morgan fingerprint density at radius 2 is 2.50 bits per heavy atom. The van der Waals surface area contributed by atoms with Crippen LogP contribution in [0, 0.1) is 0 Å². The van der Waals surface area contributed by atoms with Gasteiger partial charge in [0.1, 0.15) is 5.82 Å². The van der Waals surface area contributed by atoms with Crippen LogP contribution in [0.3, 0.4) is 0 Å². The van der Waals surface area contributed by atoms with Crippen molar-refractivity contribution >= 4 is 23.3 Å². The van der Waals surface area contributed by atoms with Crippen LogP contribution >= 0.6 is 11.6 Å². The van der Waals surface area contributed by atoms with Gasteiger partial charge in [0.25, 0.3) is 5.91 Å². The fourth-order valence-electron chi connectivity index (χ4n) is 1.99. The van der Waals surface area contributed by atoms with Gasteiger partial charge in [-0.25, -0.2) is 4.98 Å². The highest BCUT2D eigenvalue weighted by molar-refractivity contribution is 6.33. The molecule has 5 nitrogen and oxygen atoms in total. The van der Waals surface area contributed by atoms with Crippen LogP contribution in [-0.4, -0.2) is 41.6 Å². The predicted molar refractivity (Wildman–Crippen MR) is 69.6 cm³/mol. The van der Waals surface area contributed by atoms with Crippen molar-refractivity contribution < 1.29 is 9.53 Å². The van der Waals surface area contributed by atoms with Crippen LogP contribution in [0.1, 0.15) is 23.7 Å². The average molecular weight is 270 g/mol. The summed E-state index contributed by atoms with van der Waals surface area (Å²) in [4.78, 5) is 18.1. The normalized spacial score (nSPS) is 19.9. The Morgan fingerprint density at radius 3 is 3.17 bits per heavy atom.